The zero-order chi connectivity index (χ0) is 43.2. The van der Waals surface area contributed by atoms with E-state index in [9.17, 15) is 0 Å². The van der Waals surface area contributed by atoms with Gasteiger partial charge in [-0.2, -0.15) is 0 Å². The number of nitrogens with zero attached hydrogens (tertiary/aromatic N) is 1. The number of benzene rings is 10. The molecule has 0 N–H and O–H groups in total. The van der Waals surface area contributed by atoms with Crippen molar-refractivity contribution in [3.63, 3.8) is 0 Å². The molecule has 64 heavy (non-hydrogen) atoms. The number of hydrogen-bond donors (Lipinski definition) is 0. The zero-order valence-corrected chi connectivity index (χ0v) is 36.3. The Morgan fingerprint density at radius 1 is 0.328 bits per heavy atom. The van der Waals surface area contributed by atoms with E-state index in [-0.39, 0.29) is 5.41 Å². The van der Waals surface area contributed by atoms with Crippen LogP contribution in [-0.4, -0.2) is 0 Å². The Kier molecular flexibility index (Phi) is 9.78. The van der Waals surface area contributed by atoms with Crippen LogP contribution in [0.5, 0.6) is 0 Å². The summed E-state index contributed by atoms with van der Waals surface area (Å²) in [6, 6.07) is 83.4. The summed E-state index contributed by atoms with van der Waals surface area (Å²) in [6.45, 7) is 6.79. The van der Waals surface area contributed by atoms with Crippen molar-refractivity contribution >= 4 is 49.8 Å². The highest BCUT2D eigenvalue weighted by molar-refractivity contribution is 6.07. The highest BCUT2D eigenvalue weighted by atomic mass is 16.3. The van der Waals surface area contributed by atoms with Crippen molar-refractivity contribution in [1.29, 1.82) is 0 Å². The molecule has 1 aromatic heterocycles. The number of anilines is 3. The Balaban J connectivity index is 0.998. The van der Waals surface area contributed by atoms with Crippen molar-refractivity contribution in [1.82, 2.24) is 0 Å². The molecule has 11 rings (SSSR count). The summed E-state index contributed by atoms with van der Waals surface area (Å²) in [4.78, 5) is 2.33. The Morgan fingerprint density at radius 2 is 0.766 bits per heavy atom. The van der Waals surface area contributed by atoms with Gasteiger partial charge >= 0.3 is 0 Å². The Bertz CT molecular complexity index is 3440. The minimum atomic E-state index is 0.0979. The largest absolute Gasteiger partial charge is 0.456 e. The van der Waals surface area contributed by atoms with E-state index in [1.165, 1.54) is 66.4 Å². The van der Waals surface area contributed by atoms with E-state index in [2.05, 4.69) is 244 Å². The van der Waals surface area contributed by atoms with E-state index >= 15 is 0 Å². The van der Waals surface area contributed by atoms with Gasteiger partial charge in [0.05, 0.1) is 0 Å². The average Bonchev–Trinajstić information content (AvgIpc) is 3.72. The Labute approximate surface area is 375 Å². The third-order valence-electron chi connectivity index (χ3n) is 12.7. The zero-order valence-electron chi connectivity index (χ0n) is 36.3. The third kappa shape index (κ3) is 7.13. The van der Waals surface area contributed by atoms with E-state index < -0.39 is 0 Å². The minimum Gasteiger partial charge on any atom is -0.456 e. The van der Waals surface area contributed by atoms with Crippen LogP contribution in [0.4, 0.5) is 17.1 Å². The monoisotopic (exact) mass is 821 g/mol. The fraction of sp³-hybridized carbons (Fsp3) is 0.0645. The molecule has 0 bridgehead atoms. The standard InChI is InChI=1S/C62H47NO/c1-62(2,3)47-33-27-43(28-34-47)51-19-7-9-21-55(51)56-22-10-8-20-52(56)44-29-35-48(36-30-44)63(50-39-40-58-57-23-11-12-26-59(57)64-60(58)41-50)49-37-31-45(32-38-49)54-25-14-18-46-17-13-24-53(61(46)54)42-15-5-4-6-16-42/h4-41H,1-3H3. The van der Waals surface area contributed by atoms with Crippen molar-refractivity contribution in [2.75, 3.05) is 4.90 Å². The van der Waals surface area contributed by atoms with Gasteiger partial charge in [0.2, 0.25) is 0 Å². The SMILES string of the molecule is CC(C)(C)c1ccc(-c2ccccc2-c2ccccc2-c2ccc(N(c3ccc(-c4cccc5cccc(-c6ccccc6)c45)cc3)c3ccc4c(c3)oc3ccccc34)cc2)cc1. The van der Waals surface area contributed by atoms with E-state index in [0.717, 1.165) is 44.6 Å². The lowest BCUT2D eigenvalue weighted by Gasteiger charge is -2.26. The first-order chi connectivity index (χ1) is 31.4. The van der Waals surface area contributed by atoms with Crippen molar-refractivity contribution < 1.29 is 4.42 Å². The van der Waals surface area contributed by atoms with Crippen molar-refractivity contribution in [3.8, 4) is 55.6 Å². The van der Waals surface area contributed by atoms with Crippen LogP contribution in [0.15, 0.2) is 235 Å². The van der Waals surface area contributed by atoms with E-state index in [1.807, 2.05) is 12.1 Å². The topological polar surface area (TPSA) is 16.4 Å². The molecule has 0 fully saturated rings. The van der Waals surface area contributed by atoms with E-state index in [1.54, 1.807) is 0 Å². The maximum Gasteiger partial charge on any atom is 0.137 e. The van der Waals surface area contributed by atoms with Crippen molar-refractivity contribution in [2.24, 2.45) is 0 Å². The number of furan rings is 1. The summed E-state index contributed by atoms with van der Waals surface area (Å²) < 4.78 is 6.45. The van der Waals surface area contributed by atoms with Crippen molar-refractivity contribution in [2.45, 2.75) is 26.2 Å². The smallest absolute Gasteiger partial charge is 0.137 e. The molecule has 11 aromatic rings. The molecule has 2 nitrogen and oxygen atoms in total. The molecule has 0 amide bonds. The van der Waals surface area contributed by atoms with Crippen LogP contribution < -0.4 is 4.90 Å². The summed E-state index contributed by atoms with van der Waals surface area (Å²) in [6.07, 6.45) is 0. The second-order valence-electron chi connectivity index (χ2n) is 17.7. The number of rotatable bonds is 8. The maximum atomic E-state index is 6.45. The maximum absolute atomic E-state index is 6.45. The van der Waals surface area contributed by atoms with Crippen LogP contribution in [0.3, 0.4) is 0 Å². The second kappa shape index (κ2) is 16.1. The first-order valence-corrected chi connectivity index (χ1v) is 22.2. The summed E-state index contributed by atoms with van der Waals surface area (Å²) in [5.41, 5.74) is 18.4. The van der Waals surface area contributed by atoms with Crippen LogP contribution >= 0.6 is 0 Å². The van der Waals surface area contributed by atoms with Gasteiger partial charge in [0.25, 0.3) is 0 Å². The molecule has 0 saturated carbocycles. The normalized spacial score (nSPS) is 11.7. The lowest BCUT2D eigenvalue weighted by molar-refractivity contribution is 0.590. The molecule has 0 aliphatic rings. The lowest BCUT2D eigenvalue weighted by atomic mass is 9.85. The number of para-hydroxylation sites is 1. The number of fused-ring (bicyclic) bond motifs is 4. The Morgan fingerprint density at radius 3 is 1.34 bits per heavy atom. The molecule has 0 atom stereocenters. The van der Waals surface area contributed by atoms with Gasteiger partial charge in [-0.3, -0.25) is 0 Å². The minimum absolute atomic E-state index is 0.0979. The molecule has 0 aliphatic carbocycles. The van der Waals surface area contributed by atoms with Crippen LogP contribution in [0.1, 0.15) is 26.3 Å². The van der Waals surface area contributed by atoms with Gasteiger partial charge in [0, 0.05) is 33.9 Å². The van der Waals surface area contributed by atoms with Crippen molar-refractivity contribution in [3.05, 3.63) is 236 Å². The van der Waals surface area contributed by atoms with Gasteiger partial charge in [-0.15, -0.1) is 0 Å². The molecular weight excluding hydrogens is 775 g/mol. The highest BCUT2D eigenvalue weighted by Gasteiger charge is 2.19. The van der Waals surface area contributed by atoms with Gasteiger partial charge in [-0.25, -0.2) is 0 Å². The molecule has 10 aromatic carbocycles. The predicted octanol–water partition coefficient (Wildman–Crippen LogP) is 17.8. The third-order valence-corrected chi connectivity index (χ3v) is 12.7. The van der Waals surface area contributed by atoms with Crippen LogP contribution in [0.2, 0.25) is 0 Å². The summed E-state index contributed by atoms with van der Waals surface area (Å²) >= 11 is 0. The number of hydrogen-bond acceptors (Lipinski definition) is 2. The Hall–Kier alpha value is -7.94. The fourth-order valence-electron chi connectivity index (χ4n) is 9.41. The van der Waals surface area contributed by atoms with Gasteiger partial charge in [0.1, 0.15) is 11.2 Å². The fourth-order valence-corrected chi connectivity index (χ4v) is 9.41. The molecule has 0 radical (unpaired) electrons. The molecular formula is C62H47NO. The first kappa shape index (κ1) is 38.9. The highest BCUT2D eigenvalue weighted by Crippen LogP contribution is 2.43. The quantitative estimate of drug-likeness (QED) is 0.152. The first-order valence-electron chi connectivity index (χ1n) is 22.2. The van der Waals surface area contributed by atoms with Crippen LogP contribution in [0, 0.1) is 0 Å². The predicted molar refractivity (Wildman–Crippen MR) is 272 cm³/mol. The second-order valence-corrected chi connectivity index (χ2v) is 17.7. The summed E-state index contributed by atoms with van der Waals surface area (Å²) in [5.74, 6) is 0. The van der Waals surface area contributed by atoms with Gasteiger partial charge in [-0.05, 0) is 120 Å². The molecule has 0 saturated heterocycles. The van der Waals surface area contributed by atoms with E-state index in [0.29, 0.717) is 0 Å². The molecule has 2 heteroatoms. The van der Waals surface area contributed by atoms with Gasteiger partial charge < -0.3 is 9.32 Å². The van der Waals surface area contributed by atoms with Gasteiger partial charge in [-0.1, -0.05) is 203 Å². The molecule has 0 spiro atoms. The molecule has 306 valence electrons. The lowest BCUT2D eigenvalue weighted by Crippen LogP contribution is -2.10. The molecule has 1 heterocycles. The van der Waals surface area contributed by atoms with Crippen LogP contribution in [-0.2, 0) is 5.41 Å². The summed E-state index contributed by atoms with van der Waals surface area (Å²) in [5, 5.41) is 4.71. The van der Waals surface area contributed by atoms with E-state index in [4.69, 9.17) is 4.42 Å². The van der Waals surface area contributed by atoms with Crippen LogP contribution in [0.25, 0.3) is 88.3 Å². The van der Waals surface area contributed by atoms with Gasteiger partial charge in [0.15, 0.2) is 0 Å². The average molecular weight is 822 g/mol. The summed E-state index contributed by atoms with van der Waals surface area (Å²) in [7, 11) is 0. The molecule has 0 aliphatic heterocycles. The molecule has 0 unspecified atom stereocenters.